The van der Waals surface area contributed by atoms with Crippen LogP contribution in [0.3, 0.4) is 0 Å². The van der Waals surface area contributed by atoms with E-state index in [4.69, 9.17) is 5.11 Å². The first-order valence-electron chi connectivity index (χ1n) is 7.85. The van der Waals surface area contributed by atoms with E-state index in [1.807, 2.05) is 0 Å². The Balaban J connectivity index is 1.68. The van der Waals surface area contributed by atoms with Crippen molar-refractivity contribution < 1.29 is 14.7 Å². The highest BCUT2D eigenvalue weighted by Crippen LogP contribution is 2.30. The van der Waals surface area contributed by atoms with Crippen LogP contribution in [0.2, 0.25) is 0 Å². The summed E-state index contributed by atoms with van der Waals surface area (Å²) >= 11 is 0. The lowest BCUT2D eigenvalue weighted by molar-refractivity contribution is -0.141. The van der Waals surface area contributed by atoms with Crippen LogP contribution in [0, 0.1) is 11.8 Å². The average molecular weight is 282 g/mol. The van der Waals surface area contributed by atoms with Crippen LogP contribution in [-0.2, 0) is 4.79 Å². The molecule has 2 aliphatic rings. The van der Waals surface area contributed by atoms with Crippen molar-refractivity contribution in [3.05, 3.63) is 0 Å². The van der Waals surface area contributed by atoms with E-state index >= 15 is 0 Å². The highest BCUT2D eigenvalue weighted by atomic mass is 16.4. The average Bonchev–Trinajstić information content (AvgIpc) is 2.90. The van der Waals surface area contributed by atoms with Gasteiger partial charge in [0, 0.05) is 13.1 Å². The van der Waals surface area contributed by atoms with E-state index in [-0.39, 0.29) is 6.03 Å². The molecule has 0 aromatic heterocycles. The zero-order valence-corrected chi connectivity index (χ0v) is 12.3. The standard InChI is InChI=1S/C15H26N2O3/c1-11-4-6-12(7-5-11)8-9-16-15(20)17-10-2-3-13(17)14(18)19/h11-13H,2-10H2,1H3,(H,16,20)(H,18,19)/t11?,12?,13-/m0/s1. The third-order valence-corrected chi connectivity index (χ3v) is 4.76. The summed E-state index contributed by atoms with van der Waals surface area (Å²) in [6.45, 7) is 3.53. The van der Waals surface area contributed by atoms with E-state index in [9.17, 15) is 9.59 Å². The van der Waals surface area contributed by atoms with Crippen LogP contribution in [-0.4, -0.2) is 41.1 Å². The minimum atomic E-state index is -0.890. The van der Waals surface area contributed by atoms with Gasteiger partial charge in [0.25, 0.3) is 0 Å². The fourth-order valence-electron chi connectivity index (χ4n) is 3.37. The second-order valence-corrected chi connectivity index (χ2v) is 6.34. The van der Waals surface area contributed by atoms with Crippen LogP contribution in [0.4, 0.5) is 4.79 Å². The quantitative estimate of drug-likeness (QED) is 0.832. The number of carboxylic acid groups (broad SMARTS) is 1. The van der Waals surface area contributed by atoms with Crippen LogP contribution in [0.5, 0.6) is 0 Å². The summed E-state index contributed by atoms with van der Waals surface area (Å²) in [5, 5.41) is 12.0. The number of carboxylic acids is 1. The number of nitrogens with one attached hydrogen (secondary N) is 1. The normalized spacial score (nSPS) is 30.2. The Labute approximate surface area is 120 Å². The number of hydrogen-bond acceptors (Lipinski definition) is 2. The van der Waals surface area contributed by atoms with Gasteiger partial charge in [0.05, 0.1) is 0 Å². The molecule has 1 saturated heterocycles. The maximum absolute atomic E-state index is 12.0. The maximum Gasteiger partial charge on any atom is 0.326 e. The number of aliphatic carboxylic acids is 1. The summed E-state index contributed by atoms with van der Waals surface area (Å²) in [5.41, 5.74) is 0. The molecule has 20 heavy (non-hydrogen) atoms. The van der Waals surface area contributed by atoms with E-state index in [2.05, 4.69) is 12.2 Å². The van der Waals surface area contributed by atoms with Crippen molar-refractivity contribution in [2.75, 3.05) is 13.1 Å². The fourth-order valence-corrected chi connectivity index (χ4v) is 3.37. The molecule has 5 heteroatoms. The Kier molecular flexibility index (Phi) is 5.26. The Morgan fingerprint density at radius 3 is 2.55 bits per heavy atom. The first-order valence-corrected chi connectivity index (χ1v) is 7.85. The molecule has 2 amide bonds. The van der Waals surface area contributed by atoms with E-state index in [0.717, 1.165) is 24.7 Å². The van der Waals surface area contributed by atoms with Gasteiger partial charge in [-0.3, -0.25) is 0 Å². The van der Waals surface area contributed by atoms with Gasteiger partial charge in [0.15, 0.2) is 0 Å². The third kappa shape index (κ3) is 3.87. The van der Waals surface area contributed by atoms with Crippen LogP contribution in [0.25, 0.3) is 0 Å². The Bertz CT molecular complexity index is 351. The minimum absolute atomic E-state index is 0.209. The summed E-state index contributed by atoms with van der Waals surface area (Å²) in [6.07, 6.45) is 7.49. The molecule has 1 aliphatic heterocycles. The molecule has 0 bridgehead atoms. The van der Waals surface area contributed by atoms with Gasteiger partial charge >= 0.3 is 12.0 Å². The van der Waals surface area contributed by atoms with Gasteiger partial charge < -0.3 is 15.3 Å². The van der Waals surface area contributed by atoms with Gasteiger partial charge in [-0.2, -0.15) is 0 Å². The number of rotatable bonds is 4. The van der Waals surface area contributed by atoms with Crippen molar-refractivity contribution in [2.24, 2.45) is 11.8 Å². The van der Waals surface area contributed by atoms with Gasteiger partial charge in [0.2, 0.25) is 0 Å². The molecule has 1 aliphatic carbocycles. The molecule has 114 valence electrons. The number of amides is 2. The number of nitrogens with zero attached hydrogens (tertiary/aromatic N) is 1. The first kappa shape index (κ1) is 15.1. The number of hydrogen-bond donors (Lipinski definition) is 2. The summed E-state index contributed by atoms with van der Waals surface area (Å²) in [6, 6.07) is -0.843. The lowest BCUT2D eigenvalue weighted by atomic mass is 9.81. The SMILES string of the molecule is CC1CCC(CCNC(=O)N2CCC[C@H]2C(=O)O)CC1. The van der Waals surface area contributed by atoms with Crippen molar-refractivity contribution >= 4 is 12.0 Å². The lowest BCUT2D eigenvalue weighted by Crippen LogP contribution is -2.46. The minimum Gasteiger partial charge on any atom is -0.480 e. The Morgan fingerprint density at radius 2 is 1.90 bits per heavy atom. The second kappa shape index (κ2) is 6.95. The van der Waals surface area contributed by atoms with Gasteiger partial charge in [0.1, 0.15) is 6.04 Å². The van der Waals surface area contributed by atoms with Gasteiger partial charge in [-0.25, -0.2) is 9.59 Å². The smallest absolute Gasteiger partial charge is 0.326 e. The van der Waals surface area contributed by atoms with E-state index in [0.29, 0.717) is 19.5 Å². The first-order chi connectivity index (χ1) is 9.58. The largest absolute Gasteiger partial charge is 0.480 e. The van der Waals surface area contributed by atoms with E-state index in [1.54, 1.807) is 0 Å². The number of likely N-dealkylation sites (tertiary alicyclic amines) is 1. The van der Waals surface area contributed by atoms with E-state index in [1.165, 1.54) is 30.6 Å². The lowest BCUT2D eigenvalue weighted by Gasteiger charge is -2.27. The summed E-state index contributed by atoms with van der Waals surface area (Å²) < 4.78 is 0. The highest BCUT2D eigenvalue weighted by molar-refractivity contribution is 5.83. The molecule has 1 atom stereocenters. The van der Waals surface area contributed by atoms with Gasteiger partial charge in [-0.15, -0.1) is 0 Å². The van der Waals surface area contributed by atoms with Crippen molar-refractivity contribution in [1.82, 2.24) is 10.2 Å². The zero-order chi connectivity index (χ0) is 14.5. The predicted octanol–water partition coefficient (Wildman–Crippen LogP) is 2.46. The van der Waals surface area contributed by atoms with Crippen molar-refractivity contribution in [3.63, 3.8) is 0 Å². The summed E-state index contributed by atoms with van der Waals surface area (Å²) in [5.74, 6) is 0.682. The molecule has 0 spiro atoms. The number of urea groups is 1. The molecular weight excluding hydrogens is 256 g/mol. The molecule has 0 radical (unpaired) electrons. The molecule has 1 saturated carbocycles. The van der Waals surface area contributed by atoms with Crippen molar-refractivity contribution in [1.29, 1.82) is 0 Å². The topological polar surface area (TPSA) is 69.6 Å². The zero-order valence-electron chi connectivity index (χ0n) is 12.3. The van der Waals surface area contributed by atoms with E-state index < -0.39 is 12.0 Å². The van der Waals surface area contributed by atoms with Crippen LogP contribution < -0.4 is 5.32 Å². The molecular formula is C15H26N2O3. The molecule has 2 fully saturated rings. The molecule has 0 aromatic carbocycles. The van der Waals surface area contributed by atoms with Crippen LogP contribution >= 0.6 is 0 Å². The van der Waals surface area contributed by atoms with Gasteiger partial charge in [-0.05, 0) is 31.1 Å². The highest BCUT2D eigenvalue weighted by Gasteiger charge is 2.33. The Hall–Kier alpha value is -1.26. The number of carbonyl (C=O) groups excluding carboxylic acids is 1. The molecule has 2 rings (SSSR count). The third-order valence-electron chi connectivity index (χ3n) is 4.76. The predicted molar refractivity (Wildman–Crippen MR) is 76.5 cm³/mol. The summed E-state index contributed by atoms with van der Waals surface area (Å²) in [4.78, 5) is 24.5. The fraction of sp³-hybridized carbons (Fsp3) is 0.867. The van der Waals surface area contributed by atoms with Crippen LogP contribution in [0.1, 0.15) is 51.9 Å². The van der Waals surface area contributed by atoms with Gasteiger partial charge in [-0.1, -0.05) is 32.6 Å². The van der Waals surface area contributed by atoms with Crippen molar-refractivity contribution in [2.45, 2.75) is 57.9 Å². The summed E-state index contributed by atoms with van der Waals surface area (Å²) in [7, 11) is 0. The van der Waals surface area contributed by atoms with Crippen LogP contribution in [0.15, 0.2) is 0 Å². The maximum atomic E-state index is 12.0. The molecule has 2 N–H and O–H groups in total. The van der Waals surface area contributed by atoms with Crippen molar-refractivity contribution in [3.8, 4) is 0 Å². The monoisotopic (exact) mass is 282 g/mol. The molecule has 5 nitrogen and oxygen atoms in total. The number of carbonyl (C=O) groups is 2. The Morgan fingerprint density at radius 1 is 1.20 bits per heavy atom. The molecule has 1 heterocycles. The second-order valence-electron chi connectivity index (χ2n) is 6.34. The molecule has 0 aromatic rings. The molecule has 0 unspecified atom stereocenters.